The van der Waals surface area contributed by atoms with E-state index in [0.717, 1.165) is 38.6 Å². The predicted molar refractivity (Wildman–Crippen MR) is 167 cm³/mol. The van der Waals surface area contributed by atoms with E-state index >= 15 is 0 Å². The molecule has 0 amide bonds. The number of nitrogens with zero attached hydrogens (tertiary/aromatic N) is 4. The molecule has 0 saturated heterocycles. The Hall–Kier alpha value is -5.36. The van der Waals surface area contributed by atoms with Crippen LogP contribution in [0.2, 0.25) is 0 Å². The standard InChI is InChI=1S/C36H28FN5/c1-2-39-34-23-25(22-33(37)41-34)31-19-18-29-30-24-38-21-20-32(30)42(35(29)40-31)36(26-12-6-3-7-13-26,27-14-8-4-9-15-27)28-16-10-5-11-17-28/h3-24H,2H2,1H3,(H,39,41). The second-order valence-electron chi connectivity index (χ2n) is 10.2. The van der Waals surface area contributed by atoms with E-state index in [1.807, 2.05) is 49.6 Å². The third-order valence-corrected chi connectivity index (χ3v) is 7.77. The van der Waals surface area contributed by atoms with E-state index in [1.54, 1.807) is 0 Å². The highest BCUT2D eigenvalue weighted by Gasteiger charge is 2.41. The summed E-state index contributed by atoms with van der Waals surface area (Å²) < 4.78 is 17.0. The molecular formula is C36H28FN5. The van der Waals surface area contributed by atoms with Crippen molar-refractivity contribution in [2.75, 3.05) is 11.9 Å². The van der Waals surface area contributed by atoms with Crippen LogP contribution in [0.25, 0.3) is 33.2 Å². The van der Waals surface area contributed by atoms with E-state index in [-0.39, 0.29) is 0 Å². The lowest BCUT2D eigenvalue weighted by atomic mass is 9.76. The van der Waals surface area contributed by atoms with Gasteiger partial charge in [0.1, 0.15) is 17.0 Å². The molecule has 0 bridgehead atoms. The maximum atomic E-state index is 14.7. The van der Waals surface area contributed by atoms with Crippen molar-refractivity contribution in [3.8, 4) is 11.3 Å². The lowest BCUT2D eigenvalue weighted by Gasteiger charge is -2.38. The van der Waals surface area contributed by atoms with E-state index in [9.17, 15) is 4.39 Å². The van der Waals surface area contributed by atoms with Crippen LogP contribution in [0.3, 0.4) is 0 Å². The number of fused-ring (bicyclic) bond motifs is 3. The Balaban J connectivity index is 1.64. The summed E-state index contributed by atoms with van der Waals surface area (Å²) in [6.07, 6.45) is 3.72. The van der Waals surface area contributed by atoms with Gasteiger partial charge in [-0.15, -0.1) is 0 Å². The minimum atomic E-state index is -0.783. The van der Waals surface area contributed by atoms with Crippen LogP contribution in [-0.2, 0) is 5.54 Å². The Morgan fingerprint density at radius 3 is 1.93 bits per heavy atom. The molecule has 6 heteroatoms. The van der Waals surface area contributed by atoms with Gasteiger partial charge in [0.25, 0.3) is 0 Å². The van der Waals surface area contributed by atoms with Gasteiger partial charge >= 0.3 is 0 Å². The van der Waals surface area contributed by atoms with Gasteiger partial charge in [-0.05, 0) is 47.9 Å². The van der Waals surface area contributed by atoms with Gasteiger partial charge in [-0.2, -0.15) is 4.39 Å². The van der Waals surface area contributed by atoms with Gasteiger partial charge in [-0.3, -0.25) is 4.98 Å². The van der Waals surface area contributed by atoms with Crippen molar-refractivity contribution in [1.82, 2.24) is 19.5 Å². The van der Waals surface area contributed by atoms with E-state index in [1.165, 1.54) is 6.07 Å². The molecule has 42 heavy (non-hydrogen) atoms. The molecule has 0 unspecified atom stereocenters. The van der Waals surface area contributed by atoms with Crippen molar-refractivity contribution < 1.29 is 4.39 Å². The van der Waals surface area contributed by atoms with Gasteiger partial charge in [-0.1, -0.05) is 91.0 Å². The number of halogens is 1. The quantitative estimate of drug-likeness (QED) is 0.161. The second-order valence-corrected chi connectivity index (χ2v) is 10.2. The lowest BCUT2D eigenvalue weighted by molar-refractivity contribution is 0.546. The lowest BCUT2D eigenvalue weighted by Crippen LogP contribution is -2.37. The molecule has 4 heterocycles. The highest BCUT2D eigenvalue weighted by atomic mass is 19.1. The highest BCUT2D eigenvalue weighted by molar-refractivity contribution is 6.07. The third kappa shape index (κ3) is 4.11. The second kappa shape index (κ2) is 10.6. The normalized spacial score (nSPS) is 11.7. The number of rotatable bonds is 7. The molecule has 0 atom stereocenters. The van der Waals surface area contributed by atoms with Crippen molar-refractivity contribution in [1.29, 1.82) is 0 Å². The molecule has 0 aliphatic heterocycles. The Morgan fingerprint density at radius 2 is 1.33 bits per heavy atom. The first kappa shape index (κ1) is 25.6. The van der Waals surface area contributed by atoms with Crippen molar-refractivity contribution in [3.63, 3.8) is 0 Å². The molecule has 3 aromatic carbocycles. The summed E-state index contributed by atoms with van der Waals surface area (Å²) in [5, 5.41) is 5.09. The summed E-state index contributed by atoms with van der Waals surface area (Å²) >= 11 is 0. The topological polar surface area (TPSA) is 55.6 Å². The maximum Gasteiger partial charge on any atom is 0.215 e. The third-order valence-electron chi connectivity index (χ3n) is 7.77. The van der Waals surface area contributed by atoms with E-state index in [4.69, 9.17) is 4.98 Å². The van der Waals surface area contributed by atoms with Crippen molar-refractivity contribution in [2.45, 2.75) is 12.5 Å². The summed E-state index contributed by atoms with van der Waals surface area (Å²) in [5.41, 5.74) is 5.57. The van der Waals surface area contributed by atoms with Gasteiger partial charge in [0.05, 0.1) is 11.2 Å². The zero-order valence-corrected chi connectivity index (χ0v) is 23.1. The number of hydrogen-bond acceptors (Lipinski definition) is 4. The average molecular weight is 550 g/mol. The molecule has 0 saturated carbocycles. The average Bonchev–Trinajstić information content (AvgIpc) is 3.37. The van der Waals surface area contributed by atoms with Gasteiger partial charge in [0.15, 0.2) is 0 Å². The first-order chi connectivity index (χ1) is 20.7. The van der Waals surface area contributed by atoms with Gasteiger partial charge < -0.3 is 9.88 Å². The summed E-state index contributed by atoms with van der Waals surface area (Å²) in [7, 11) is 0. The van der Waals surface area contributed by atoms with Crippen LogP contribution < -0.4 is 5.32 Å². The van der Waals surface area contributed by atoms with Crippen molar-refractivity contribution >= 4 is 27.8 Å². The fourth-order valence-corrected chi connectivity index (χ4v) is 6.07. The SMILES string of the molecule is CCNc1cc(-c2ccc3c4cnccc4n(C(c4ccccc4)(c4ccccc4)c4ccccc4)c3n2)cc(F)n1. The molecular weight excluding hydrogens is 521 g/mol. The van der Waals surface area contributed by atoms with Gasteiger partial charge in [-0.25, -0.2) is 9.97 Å². The maximum absolute atomic E-state index is 14.7. The zero-order chi connectivity index (χ0) is 28.5. The van der Waals surface area contributed by atoms with Crippen LogP contribution in [0, 0.1) is 5.95 Å². The Morgan fingerprint density at radius 1 is 0.714 bits per heavy atom. The minimum absolute atomic E-state index is 0.478. The number of pyridine rings is 3. The van der Waals surface area contributed by atoms with Crippen LogP contribution >= 0.6 is 0 Å². The van der Waals surface area contributed by atoms with E-state index < -0.39 is 11.5 Å². The largest absolute Gasteiger partial charge is 0.370 e. The number of aromatic nitrogens is 4. The van der Waals surface area contributed by atoms with Crippen LogP contribution in [0.5, 0.6) is 0 Å². The molecule has 1 N–H and O–H groups in total. The highest BCUT2D eigenvalue weighted by Crippen LogP contribution is 2.46. The summed E-state index contributed by atoms with van der Waals surface area (Å²) in [4.78, 5) is 13.8. The molecule has 0 spiro atoms. The summed E-state index contributed by atoms with van der Waals surface area (Å²) in [6, 6.07) is 40.9. The fourth-order valence-electron chi connectivity index (χ4n) is 6.07. The molecule has 0 aliphatic carbocycles. The van der Waals surface area contributed by atoms with Crippen LogP contribution in [0.1, 0.15) is 23.6 Å². The molecule has 204 valence electrons. The van der Waals surface area contributed by atoms with Gasteiger partial charge in [0.2, 0.25) is 5.95 Å². The molecule has 5 nitrogen and oxygen atoms in total. The molecule has 4 aromatic heterocycles. The number of anilines is 1. The molecule has 0 aliphatic rings. The molecule has 7 aromatic rings. The number of hydrogen-bond donors (Lipinski definition) is 1. The Bertz CT molecular complexity index is 1910. The minimum Gasteiger partial charge on any atom is -0.370 e. The van der Waals surface area contributed by atoms with Crippen LogP contribution in [-0.4, -0.2) is 26.1 Å². The van der Waals surface area contributed by atoms with Crippen molar-refractivity contribution in [2.24, 2.45) is 0 Å². The molecule has 0 radical (unpaired) electrons. The Labute approximate surface area is 243 Å². The number of benzene rings is 3. The fraction of sp³-hybridized carbons (Fsp3) is 0.0833. The molecule has 7 rings (SSSR count). The Kier molecular flexibility index (Phi) is 6.44. The summed E-state index contributed by atoms with van der Waals surface area (Å²) in [6.45, 7) is 2.59. The van der Waals surface area contributed by atoms with Gasteiger partial charge in [0, 0.05) is 41.3 Å². The van der Waals surface area contributed by atoms with Crippen LogP contribution in [0.4, 0.5) is 10.2 Å². The monoisotopic (exact) mass is 549 g/mol. The first-order valence-electron chi connectivity index (χ1n) is 14.0. The smallest absolute Gasteiger partial charge is 0.215 e. The van der Waals surface area contributed by atoms with Crippen LogP contribution in [0.15, 0.2) is 134 Å². The van der Waals surface area contributed by atoms with Crippen molar-refractivity contribution in [3.05, 3.63) is 156 Å². The van der Waals surface area contributed by atoms with E-state index in [0.29, 0.717) is 23.6 Å². The first-order valence-corrected chi connectivity index (χ1v) is 14.0. The zero-order valence-electron chi connectivity index (χ0n) is 23.1. The van der Waals surface area contributed by atoms with E-state index in [2.05, 4.69) is 105 Å². The molecule has 0 fully saturated rings. The number of nitrogens with one attached hydrogen (secondary N) is 1. The predicted octanol–water partition coefficient (Wildman–Crippen LogP) is 8.06. The summed E-state index contributed by atoms with van der Waals surface area (Å²) in [5.74, 6) is -0.0753.